The van der Waals surface area contributed by atoms with Gasteiger partial charge in [-0.05, 0) is 62.0 Å². The predicted octanol–water partition coefficient (Wildman–Crippen LogP) is 4.04. The van der Waals surface area contributed by atoms with Crippen LogP contribution in [0.4, 0.5) is 5.69 Å². The molecule has 3 aliphatic rings. The number of carbonyl (C=O) groups is 2. The molecule has 1 aromatic carbocycles. The van der Waals surface area contributed by atoms with E-state index in [2.05, 4.69) is 43.0 Å². The summed E-state index contributed by atoms with van der Waals surface area (Å²) in [5, 5.41) is 0.276. The first-order valence-electron chi connectivity index (χ1n) is 10.2. The molecule has 1 fully saturated rings. The lowest BCUT2D eigenvalue weighted by atomic mass is 9.83. The lowest BCUT2D eigenvalue weighted by molar-refractivity contribution is -0.133. The van der Waals surface area contributed by atoms with Gasteiger partial charge in [0.15, 0.2) is 5.11 Å². The van der Waals surface area contributed by atoms with Crippen LogP contribution >= 0.6 is 12.2 Å². The lowest BCUT2D eigenvalue weighted by Crippen LogP contribution is -2.55. The molecule has 154 valence electrons. The Balaban J connectivity index is 1.77. The number of anilines is 1. The molecular weight excluding hydrogens is 394 g/mol. The van der Waals surface area contributed by atoms with Crippen molar-refractivity contribution < 1.29 is 9.59 Å². The number of thiocarbonyl (C=S) groups is 1. The summed E-state index contributed by atoms with van der Waals surface area (Å²) in [4.78, 5) is 30.9. The Morgan fingerprint density at radius 2 is 1.63 bits per heavy atom. The van der Waals surface area contributed by atoms with Gasteiger partial charge in [0.1, 0.15) is 5.57 Å². The van der Waals surface area contributed by atoms with Crippen LogP contribution in [0.15, 0.2) is 71.6 Å². The molecule has 0 N–H and O–H groups in total. The van der Waals surface area contributed by atoms with Crippen LogP contribution in [0.5, 0.6) is 0 Å². The molecule has 30 heavy (non-hydrogen) atoms. The molecule has 0 spiro atoms. The highest BCUT2D eigenvalue weighted by Gasteiger charge is 2.42. The van der Waals surface area contributed by atoms with Crippen molar-refractivity contribution in [2.24, 2.45) is 0 Å². The number of nitrogens with zero attached hydrogens (tertiary/aromatic N) is 3. The molecule has 0 radical (unpaired) electrons. The summed E-state index contributed by atoms with van der Waals surface area (Å²) in [6.45, 7) is 8.98. The molecule has 0 bridgehead atoms. The van der Waals surface area contributed by atoms with E-state index in [9.17, 15) is 9.59 Å². The van der Waals surface area contributed by atoms with Gasteiger partial charge in [-0.25, -0.2) is 0 Å². The monoisotopic (exact) mass is 419 g/mol. The third-order valence-corrected chi connectivity index (χ3v) is 6.39. The van der Waals surface area contributed by atoms with Gasteiger partial charge in [-0.3, -0.25) is 19.4 Å². The minimum absolute atomic E-state index is 0.131. The van der Waals surface area contributed by atoms with E-state index in [-0.39, 0.29) is 27.9 Å². The topological polar surface area (TPSA) is 43.9 Å². The fourth-order valence-electron chi connectivity index (χ4n) is 4.32. The van der Waals surface area contributed by atoms with Crippen molar-refractivity contribution in [1.29, 1.82) is 0 Å². The Morgan fingerprint density at radius 3 is 2.27 bits per heavy atom. The molecule has 1 aromatic rings. The summed E-state index contributed by atoms with van der Waals surface area (Å²) in [5.41, 5.74) is 4.46. The van der Waals surface area contributed by atoms with Gasteiger partial charge in [0.2, 0.25) is 0 Å². The van der Waals surface area contributed by atoms with Gasteiger partial charge in [0, 0.05) is 35.6 Å². The highest BCUT2D eigenvalue weighted by atomic mass is 32.1. The fourth-order valence-corrected chi connectivity index (χ4v) is 4.74. The van der Waals surface area contributed by atoms with Crippen LogP contribution in [0.2, 0.25) is 0 Å². The molecular formula is C24H25N3O2S. The van der Waals surface area contributed by atoms with Gasteiger partial charge in [0.25, 0.3) is 11.8 Å². The molecule has 0 saturated carbocycles. The molecule has 6 heteroatoms. The van der Waals surface area contributed by atoms with Gasteiger partial charge in [0.05, 0.1) is 0 Å². The number of hydrogen-bond donors (Lipinski definition) is 0. The van der Waals surface area contributed by atoms with Crippen molar-refractivity contribution >= 4 is 34.8 Å². The van der Waals surface area contributed by atoms with Gasteiger partial charge >= 0.3 is 0 Å². The van der Waals surface area contributed by atoms with E-state index in [0.29, 0.717) is 13.1 Å². The predicted molar refractivity (Wildman–Crippen MR) is 123 cm³/mol. The molecule has 5 nitrogen and oxygen atoms in total. The fraction of sp³-hybridized carbons (Fsp3) is 0.292. The zero-order chi connectivity index (χ0) is 21.6. The maximum Gasteiger partial charge on any atom is 0.265 e. The van der Waals surface area contributed by atoms with E-state index in [4.69, 9.17) is 12.2 Å². The third-order valence-electron chi connectivity index (χ3n) is 5.94. The number of benzene rings is 1. The highest BCUT2D eigenvalue weighted by molar-refractivity contribution is 7.80. The second-order valence-electron chi connectivity index (χ2n) is 7.94. The standard InChI is InChI=1S/C24H25N3O2S/c1-5-25-21(28)17(22(29)26(6-2)23(25)30)15-14-16-10-9-13-20-24(3,4)18-11-7-8-12-19(18)27(16)20/h7-15H,5-6H2,1-4H3/b16-14+. The highest BCUT2D eigenvalue weighted by Crippen LogP contribution is 2.50. The number of rotatable bonds is 3. The normalized spacial score (nSPS) is 21.3. The summed E-state index contributed by atoms with van der Waals surface area (Å²) in [5.74, 6) is -0.682. The molecule has 0 unspecified atom stereocenters. The number of fused-ring (bicyclic) bond motifs is 3. The number of para-hydroxylation sites is 1. The first-order chi connectivity index (χ1) is 14.3. The van der Waals surface area contributed by atoms with Crippen LogP contribution in [0, 0.1) is 0 Å². The largest absolute Gasteiger partial charge is 0.313 e. The Kier molecular flexibility index (Phi) is 4.98. The van der Waals surface area contributed by atoms with E-state index in [1.54, 1.807) is 6.08 Å². The number of carbonyl (C=O) groups excluding carboxylic acids is 2. The van der Waals surface area contributed by atoms with Gasteiger partial charge < -0.3 is 4.90 Å². The molecule has 0 atom stereocenters. The molecule has 1 saturated heterocycles. The van der Waals surface area contributed by atoms with Crippen molar-refractivity contribution in [3.05, 3.63) is 77.2 Å². The summed E-state index contributed by atoms with van der Waals surface area (Å²) in [6.07, 6.45) is 9.62. The number of allylic oxidation sites excluding steroid dienone is 6. The van der Waals surface area contributed by atoms with Crippen LogP contribution in [0.1, 0.15) is 33.3 Å². The third kappa shape index (κ3) is 2.86. The van der Waals surface area contributed by atoms with E-state index >= 15 is 0 Å². The molecule has 4 rings (SSSR count). The van der Waals surface area contributed by atoms with E-state index in [0.717, 1.165) is 11.4 Å². The second-order valence-corrected chi connectivity index (χ2v) is 8.31. The van der Waals surface area contributed by atoms with Crippen molar-refractivity contribution in [3.8, 4) is 0 Å². The SMILES string of the molecule is CCN1C(=O)C(=C/C=C2\C=CC=C3N2c2ccccc2C3(C)C)C(=O)N(CC)C1=S. The molecule has 3 aliphatic heterocycles. The van der Waals surface area contributed by atoms with Gasteiger partial charge in [-0.15, -0.1) is 0 Å². The van der Waals surface area contributed by atoms with Crippen LogP contribution in [-0.2, 0) is 15.0 Å². The average molecular weight is 420 g/mol. The molecule has 0 aliphatic carbocycles. The zero-order valence-corrected chi connectivity index (χ0v) is 18.5. The van der Waals surface area contributed by atoms with Crippen molar-refractivity contribution in [3.63, 3.8) is 0 Å². The first-order valence-corrected chi connectivity index (χ1v) is 10.6. The number of amides is 2. The molecule has 3 heterocycles. The van der Waals surface area contributed by atoms with E-state index in [1.807, 2.05) is 38.1 Å². The second kappa shape index (κ2) is 7.36. The van der Waals surface area contributed by atoms with Crippen LogP contribution in [-0.4, -0.2) is 39.8 Å². The van der Waals surface area contributed by atoms with E-state index < -0.39 is 0 Å². The first kappa shape index (κ1) is 20.3. The summed E-state index contributed by atoms with van der Waals surface area (Å²) in [6, 6.07) is 8.34. The smallest absolute Gasteiger partial charge is 0.265 e. The molecule has 2 amide bonds. The number of likely N-dealkylation sites (N-methyl/N-ethyl adjacent to an activating group) is 2. The van der Waals surface area contributed by atoms with Crippen LogP contribution in [0.3, 0.4) is 0 Å². The quantitative estimate of drug-likeness (QED) is 0.421. The van der Waals surface area contributed by atoms with Crippen LogP contribution < -0.4 is 4.90 Å². The Labute approximate surface area is 182 Å². The van der Waals surface area contributed by atoms with Gasteiger partial charge in [-0.2, -0.15) is 0 Å². The minimum Gasteiger partial charge on any atom is -0.313 e. The minimum atomic E-state index is -0.341. The summed E-state index contributed by atoms with van der Waals surface area (Å²) >= 11 is 5.33. The Morgan fingerprint density at radius 1 is 1.00 bits per heavy atom. The summed E-state index contributed by atoms with van der Waals surface area (Å²) in [7, 11) is 0. The lowest BCUT2D eigenvalue weighted by Gasteiger charge is -2.35. The van der Waals surface area contributed by atoms with Crippen LogP contribution in [0.25, 0.3) is 0 Å². The Hall–Kier alpha value is -2.99. The van der Waals surface area contributed by atoms with E-state index in [1.165, 1.54) is 21.1 Å². The van der Waals surface area contributed by atoms with Crippen molar-refractivity contribution in [1.82, 2.24) is 9.80 Å². The zero-order valence-electron chi connectivity index (χ0n) is 17.7. The average Bonchev–Trinajstić information content (AvgIpc) is 2.97. The van der Waals surface area contributed by atoms with Gasteiger partial charge in [-0.1, -0.05) is 38.1 Å². The maximum atomic E-state index is 12.9. The summed E-state index contributed by atoms with van der Waals surface area (Å²) < 4.78 is 0. The van der Waals surface area contributed by atoms with Crippen molar-refractivity contribution in [2.45, 2.75) is 33.1 Å². The molecule has 0 aromatic heterocycles. The van der Waals surface area contributed by atoms with Crippen molar-refractivity contribution in [2.75, 3.05) is 18.0 Å². The number of hydrogen-bond acceptors (Lipinski definition) is 4. The Bertz CT molecular complexity index is 1050. The maximum absolute atomic E-state index is 12.9.